The lowest BCUT2D eigenvalue weighted by Crippen LogP contribution is -2.30. The molecule has 1 aliphatic heterocycles. The quantitative estimate of drug-likeness (QED) is 0.152. The summed E-state index contributed by atoms with van der Waals surface area (Å²) in [6.45, 7) is 0. The van der Waals surface area contributed by atoms with Crippen molar-refractivity contribution in [2.45, 2.75) is 12.0 Å². The number of benzene rings is 11. The molecule has 0 bridgehead atoms. The van der Waals surface area contributed by atoms with E-state index in [-0.39, 0.29) is 12.0 Å². The largest absolute Gasteiger partial charge is 0.309 e. The van der Waals surface area contributed by atoms with Crippen LogP contribution in [0.3, 0.4) is 0 Å². The zero-order valence-electron chi connectivity index (χ0n) is 47.9. The standard InChI is InChI=1S/C80H50N8S/c1-3-17-52(18-4-1)77-82-78(84-80(83-77)88-71-30-16-10-24-60(71)63-42-41-62-59-23-9-14-28-69(59)86(74(62)75(63)88)55-19-5-2-6-20-55)53-37-35-50(36-38-53)49-31-33-51(34-32-49)54-39-43-72-65(47-54)61-25-11-15-29-70(61)87(72)79-76-64(45-46-81-79)66-48-56(40-44-73(66)89-76)85-67-26-12-7-21-57(67)58-22-8-13-27-68(58)85/h1-48,60,71H. The van der Waals surface area contributed by atoms with Crippen molar-refractivity contribution in [3.8, 4) is 62.2 Å². The van der Waals surface area contributed by atoms with Crippen LogP contribution in [0, 0.1) is 0 Å². The summed E-state index contributed by atoms with van der Waals surface area (Å²) in [7, 11) is 0. The Labute approximate surface area is 515 Å². The third-order valence-electron chi connectivity index (χ3n) is 18.5. The normalized spacial score (nSPS) is 14.6. The minimum absolute atomic E-state index is 0.0465. The Morgan fingerprint density at radius 1 is 0.348 bits per heavy atom. The van der Waals surface area contributed by atoms with E-state index in [0.29, 0.717) is 17.6 Å². The number of thiophene rings is 1. The molecule has 6 aromatic heterocycles. The predicted octanol–water partition coefficient (Wildman–Crippen LogP) is 20.3. The van der Waals surface area contributed by atoms with Crippen LogP contribution < -0.4 is 4.90 Å². The lowest BCUT2D eigenvalue weighted by atomic mass is 9.91. The SMILES string of the molecule is C1=CC2c3ccc4c5ccccc5n(-c5ccccc5)c4c3N(c3nc(-c4ccccc4)nc(-c4ccc(-c5ccc(-c6ccc7c(c6)c6ccccc6n7-c6nccc7c6sc6ccc(-n8c9ccccc9c9ccccc98)cc67)cc5)cc4)n3)C2C=C1. The van der Waals surface area contributed by atoms with Crippen LogP contribution >= 0.6 is 11.3 Å². The van der Waals surface area contributed by atoms with E-state index in [1.54, 1.807) is 0 Å². The number of pyridine rings is 1. The molecule has 2 atom stereocenters. The maximum absolute atomic E-state index is 5.45. The van der Waals surface area contributed by atoms with Crippen molar-refractivity contribution >= 4 is 109 Å². The molecule has 0 amide bonds. The number of hydrogen-bond acceptors (Lipinski definition) is 6. The number of aromatic nitrogens is 7. The van der Waals surface area contributed by atoms with E-state index in [0.717, 1.165) is 78.3 Å². The van der Waals surface area contributed by atoms with Gasteiger partial charge in [-0.15, -0.1) is 11.3 Å². The van der Waals surface area contributed by atoms with E-state index in [1.807, 2.05) is 35.7 Å². The van der Waals surface area contributed by atoms with Crippen LogP contribution in [0.5, 0.6) is 0 Å². The molecule has 11 aromatic carbocycles. The smallest absolute Gasteiger partial charge is 0.234 e. The minimum Gasteiger partial charge on any atom is -0.309 e. The second-order valence-corrected chi connectivity index (χ2v) is 24.3. The van der Waals surface area contributed by atoms with Gasteiger partial charge in [-0.3, -0.25) is 4.57 Å². The molecular formula is C80H50N8S. The van der Waals surface area contributed by atoms with Gasteiger partial charge in [-0.05, 0) is 101 Å². The molecule has 0 N–H and O–H groups in total. The average Bonchev–Trinajstić information content (AvgIpc) is 1.62. The fourth-order valence-electron chi connectivity index (χ4n) is 14.5. The van der Waals surface area contributed by atoms with Gasteiger partial charge in [0.25, 0.3) is 0 Å². The summed E-state index contributed by atoms with van der Waals surface area (Å²) in [5, 5.41) is 9.72. The molecule has 9 heteroatoms. The molecular weight excluding hydrogens is 1110 g/mol. The summed E-state index contributed by atoms with van der Waals surface area (Å²) in [6.07, 6.45) is 10.9. The van der Waals surface area contributed by atoms with Crippen molar-refractivity contribution in [1.29, 1.82) is 0 Å². The Hall–Kier alpha value is -11.5. The second-order valence-electron chi connectivity index (χ2n) is 23.3. The number of rotatable bonds is 8. The van der Waals surface area contributed by atoms with Gasteiger partial charge in [0.2, 0.25) is 5.95 Å². The topological polar surface area (TPSA) is 69.6 Å². The van der Waals surface area contributed by atoms with Crippen LogP contribution in [-0.2, 0) is 0 Å². The molecule has 0 fully saturated rings. The Morgan fingerprint density at radius 2 is 0.888 bits per heavy atom. The van der Waals surface area contributed by atoms with Crippen molar-refractivity contribution in [2.24, 2.45) is 0 Å². The third-order valence-corrected chi connectivity index (χ3v) is 19.7. The van der Waals surface area contributed by atoms with Crippen LogP contribution in [0.15, 0.2) is 291 Å². The molecule has 2 aliphatic rings. The van der Waals surface area contributed by atoms with Gasteiger partial charge < -0.3 is 14.0 Å². The summed E-state index contributed by atoms with van der Waals surface area (Å²) in [5.41, 5.74) is 17.9. The molecule has 0 saturated heterocycles. The minimum atomic E-state index is -0.0465. The molecule has 0 saturated carbocycles. The summed E-state index contributed by atoms with van der Waals surface area (Å²) in [4.78, 5) is 23.6. The van der Waals surface area contributed by atoms with E-state index in [9.17, 15) is 0 Å². The van der Waals surface area contributed by atoms with Gasteiger partial charge in [-0.1, -0.05) is 212 Å². The van der Waals surface area contributed by atoms with Crippen LogP contribution in [0.4, 0.5) is 11.6 Å². The molecule has 2 unspecified atom stereocenters. The lowest BCUT2D eigenvalue weighted by Gasteiger charge is -2.27. The van der Waals surface area contributed by atoms with Gasteiger partial charge in [0.1, 0.15) is 0 Å². The van der Waals surface area contributed by atoms with Gasteiger partial charge in [0.05, 0.1) is 49.5 Å². The van der Waals surface area contributed by atoms with Crippen LogP contribution in [0.25, 0.3) is 148 Å². The Balaban J connectivity index is 0.667. The van der Waals surface area contributed by atoms with E-state index in [4.69, 9.17) is 19.9 Å². The number of anilines is 2. The molecule has 17 aromatic rings. The van der Waals surface area contributed by atoms with E-state index in [2.05, 4.69) is 286 Å². The Kier molecular flexibility index (Phi) is 10.9. The fourth-order valence-corrected chi connectivity index (χ4v) is 15.6. The maximum atomic E-state index is 5.45. The van der Waals surface area contributed by atoms with E-state index in [1.165, 1.54) is 69.1 Å². The van der Waals surface area contributed by atoms with Crippen molar-refractivity contribution in [3.05, 3.63) is 297 Å². The van der Waals surface area contributed by atoms with Gasteiger partial charge >= 0.3 is 0 Å². The summed E-state index contributed by atoms with van der Waals surface area (Å²) in [5.74, 6) is 2.90. The highest BCUT2D eigenvalue weighted by molar-refractivity contribution is 7.26. The number of nitrogens with zero attached hydrogens (tertiary/aromatic N) is 8. The monoisotopic (exact) mass is 1150 g/mol. The maximum Gasteiger partial charge on any atom is 0.234 e. The van der Waals surface area contributed by atoms with Crippen molar-refractivity contribution in [2.75, 3.05) is 4.90 Å². The highest BCUT2D eigenvalue weighted by Crippen LogP contribution is 2.53. The highest BCUT2D eigenvalue weighted by atomic mass is 32.1. The van der Waals surface area contributed by atoms with Crippen molar-refractivity contribution in [1.82, 2.24) is 33.6 Å². The zero-order chi connectivity index (χ0) is 58.3. The highest BCUT2D eigenvalue weighted by Gasteiger charge is 2.42. The summed E-state index contributed by atoms with van der Waals surface area (Å²) >= 11 is 1.81. The fraction of sp³-hybridized carbons (Fsp3) is 0.0250. The van der Waals surface area contributed by atoms with Gasteiger partial charge in [-0.25, -0.2) is 9.97 Å². The first-order valence-electron chi connectivity index (χ1n) is 30.3. The number of allylic oxidation sites excluding steroid dienone is 2. The second kappa shape index (κ2) is 19.5. The number of para-hydroxylation sites is 5. The predicted molar refractivity (Wildman–Crippen MR) is 369 cm³/mol. The van der Waals surface area contributed by atoms with Gasteiger partial charge in [-0.2, -0.15) is 9.97 Å². The third kappa shape index (κ3) is 7.59. The van der Waals surface area contributed by atoms with Gasteiger partial charge in [0, 0.05) is 82.4 Å². The lowest BCUT2D eigenvalue weighted by molar-refractivity contribution is 0.728. The van der Waals surface area contributed by atoms with E-state index >= 15 is 0 Å². The first-order chi connectivity index (χ1) is 44.1. The molecule has 0 spiro atoms. The molecule has 1 aliphatic carbocycles. The van der Waals surface area contributed by atoms with Crippen molar-refractivity contribution in [3.63, 3.8) is 0 Å². The zero-order valence-corrected chi connectivity index (χ0v) is 48.7. The van der Waals surface area contributed by atoms with Gasteiger partial charge in [0.15, 0.2) is 17.5 Å². The molecule has 8 nitrogen and oxygen atoms in total. The van der Waals surface area contributed by atoms with Crippen LogP contribution in [0.2, 0.25) is 0 Å². The molecule has 416 valence electrons. The first-order valence-corrected chi connectivity index (χ1v) is 31.1. The number of fused-ring (bicyclic) bond motifs is 16. The van der Waals surface area contributed by atoms with Crippen LogP contribution in [0.1, 0.15) is 11.5 Å². The van der Waals surface area contributed by atoms with Crippen molar-refractivity contribution < 1.29 is 0 Å². The van der Waals surface area contributed by atoms with E-state index < -0.39 is 0 Å². The molecule has 89 heavy (non-hydrogen) atoms. The Bertz CT molecular complexity index is 5760. The summed E-state index contributed by atoms with van der Waals surface area (Å²) in [6, 6.07) is 94.0. The molecule has 0 radical (unpaired) electrons. The average molecular weight is 1160 g/mol. The first kappa shape index (κ1) is 49.7. The number of hydrogen-bond donors (Lipinski definition) is 0. The summed E-state index contributed by atoms with van der Waals surface area (Å²) < 4.78 is 9.58. The molecule has 7 heterocycles. The van der Waals surface area contributed by atoms with Crippen LogP contribution in [-0.4, -0.2) is 39.7 Å². The Morgan fingerprint density at radius 3 is 1.57 bits per heavy atom. The molecule has 19 rings (SSSR count).